The molecule has 0 spiro atoms. The monoisotopic (exact) mass is 184 g/mol. The van der Waals surface area contributed by atoms with Gasteiger partial charge in [-0.3, -0.25) is 9.55 Å². The van der Waals surface area contributed by atoms with Crippen molar-refractivity contribution in [3.63, 3.8) is 0 Å². The molecule has 4 nitrogen and oxygen atoms in total. The zero-order valence-electron chi connectivity index (χ0n) is 7.92. The Morgan fingerprint density at radius 3 is 2.77 bits per heavy atom. The highest BCUT2D eigenvalue weighted by atomic mass is 16.3. The van der Waals surface area contributed by atoms with Gasteiger partial charge in [0.2, 0.25) is 5.88 Å². The summed E-state index contributed by atoms with van der Waals surface area (Å²) in [5.41, 5.74) is -0.228. The quantitative estimate of drug-likeness (QED) is 0.681. The Hall–Kier alpha value is -1.19. The molecule has 0 aliphatic carbocycles. The summed E-state index contributed by atoms with van der Waals surface area (Å²) in [7, 11) is 0. The van der Waals surface area contributed by atoms with Gasteiger partial charge in [0.1, 0.15) is 0 Å². The summed E-state index contributed by atoms with van der Waals surface area (Å²) in [6.07, 6.45) is 5.95. The van der Waals surface area contributed by atoms with Gasteiger partial charge in [-0.05, 0) is 6.42 Å². The van der Waals surface area contributed by atoms with E-state index in [0.717, 1.165) is 12.8 Å². The molecule has 0 aliphatic heterocycles. The number of rotatable bonds is 5. The van der Waals surface area contributed by atoms with E-state index in [0.29, 0.717) is 6.54 Å². The third-order valence-corrected chi connectivity index (χ3v) is 2.03. The highest BCUT2D eigenvalue weighted by Crippen LogP contribution is 2.03. The minimum atomic E-state index is -0.228. The minimum Gasteiger partial charge on any atom is -0.493 e. The molecule has 0 fully saturated rings. The van der Waals surface area contributed by atoms with Crippen LogP contribution in [-0.2, 0) is 6.54 Å². The van der Waals surface area contributed by atoms with Gasteiger partial charge in [0, 0.05) is 6.54 Å². The molecule has 0 atom stereocenters. The van der Waals surface area contributed by atoms with E-state index in [4.69, 9.17) is 5.11 Å². The first-order valence-corrected chi connectivity index (χ1v) is 4.72. The molecule has 0 saturated carbocycles. The minimum absolute atomic E-state index is 0.0551. The molecule has 0 saturated heterocycles. The molecule has 0 bridgehead atoms. The van der Waals surface area contributed by atoms with Gasteiger partial charge >= 0.3 is 5.69 Å². The van der Waals surface area contributed by atoms with Crippen molar-refractivity contribution >= 4 is 0 Å². The zero-order chi connectivity index (χ0) is 9.68. The van der Waals surface area contributed by atoms with E-state index in [1.54, 1.807) is 0 Å². The van der Waals surface area contributed by atoms with Crippen molar-refractivity contribution in [2.75, 3.05) is 0 Å². The third kappa shape index (κ3) is 2.97. The first kappa shape index (κ1) is 9.89. The number of aromatic nitrogens is 2. The molecule has 0 amide bonds. The fourth-order valence-electron chi connectivity index (χ4n) is 1.29. The molecule has 2 N–H and O–H groups in total. The Labute approximate surface area is 77.2 Å². The predicted molar refractivity (Wildman–Crippen MR) is 50.9 cm³/mol. The second-order valence-electron chi connectivity index (χ2n) is 3.20. The fraction of sp³-hybridized carbons (Fsp3) is 0.667. The van der Waals surface area contributed by atoms with E-state index in [-0.39, 0.29) is 11.6 Å². The molecule has 0 aliphatic rings. The Balaban J connectivity index is 2.36. The molecule has 0 radical (unpaired) electrons. The lowest BCUT2D eigenvalue weighted by molar-refractivity contribution is 0.454. The van der Waals surface area contributed by atoms with E-state index in [1.807, 2.05) is 0 Å². The van der Waals surface area contributed by atoms with Crippen molar-refractivity contribution in [2.45, 2.75) is 39.2 Å². The van der Waals surface area contributed by atoms with Gasteiger partial charge in [-0.2, -0.15) is 0 Å². The molecule has 4 heteroatoms. The number of nitrogens with zero attached hydrogens (tertiary/aromatic N) is 1. The zero-order valence-corrected chi connectivity index (χ0v) is 7.92. The predicted octanol–water partition coefficient (Wildman–Crippen LogP) is 1.46. The average molecular weight is 184 g/mol. The second-order valence-corrected chi connectivity index (χ2v) is 3.20. The van der Waals surface area contributed by atoms with Crippen LogP contribution < -0.4 is 5.69 Å². The molecule has 13 heavy (non-hydrogen) atoms. The van der Waals surface area contributed by atoms with Crippen LogP contribution in [0.5, 0.6) is 5.88 Å². The summed E-state index contributed by atoms with van der Waals surface area (Å²) in [5.74, 6) is -0.0551. The van der Waals surface area contributed by atoms with Crippen molar-refractivity contribution in [2.24, 2.45) is 0 Å². The molecular weight excluding hydrogens is 168 g/mol. The van der Waals surface area contributed by atoms with Crippen LogP contribution in [0.15, 0.2) is 11.0 Å². The maximum absolute atomic E-state index is 11.1. The highest BCUT2D eigenvalue weighted by Gasteiger charge is 1.99. The fourth-order valence-corrected chi connectivity index (χ4v) is 1.29. The maximum Gasteiger partial charge on any atom is 0.328 e. The number of hydrogen-bond acceptors (Lipinski definition) is 2. The molecule has 1 aromatic heterocycles. The molecule has 0 unspecified atom stereocenters. The van der Waals surface area contributed by atoms with Crippen LogP contribution in [0.2, 0.25) is 0 Å². The highest BCUT2D eigenvalue weighted by molar-refractivity contribution is 5.00. The van der Waals surface area contributed by atoms with E-state index in [1.165, 1.54) is 23.6 Å². The average Bonchev–Trinajstić information content (AvgIpc) is 2.39. The van der Waals surface area contributed by atoms with Crippen molar-refractivity contribution in [1.82, 2.24) is 9.55 Å². The van der Waals surface area contributed by atoms with Crippen molar-refractivity contribution in [3.05, 3.63) is 16.7 Å². The second kappa shape index (κ2) is 4.74. The Kier molecular flexibility index (Phi) is 3.61. The van der Waals surface area contributed by atoms with E-state index in [9.17, 15) is 4.79 Å². The van der Waals surface area contributed by atoms with Crippen molar-refractivity contribution < 1.29 is 5.11 Å². The molecular formula is C9H16N2O2. The summed E-state index contributed by atoms with van der Waals surface area (Å²) < 4.78 is 1.50. The SMILES string of the molecule is CCCCCCn1cc(O)[nH]c1=O. The Morgan fingerprint density at radius 2 is 2.23 bits per heavy atom. The molecule has 1 rings (SSSR count). The van der Waals surface area contributed by atoms with Gasteiger partial charge in [-0.15, -0.1) is 0 Å². The first-order chi connectivity index (χ1) is 6.24. The largest absolute Gasteiger partial charge is 0.493 e. The summed E-state index contributed by atoms with van der Waals surface area (Å²) in [4.78, 5) is 13.4. The van der Waals surface area contributed by atoms with E-state index < -0.39 is 0 Å². The number of aromatic hydroxyl groups is 1. The van der Waals surface area contributed by atoms with Crippen LogP contribution in [0, 0.1) is 0 Å². The molecule has 0 aromatic carbocycles. The summed E-state index contributed by atoms with van der Waals surface area (Å²) in [6, 6.07) is 0. The topological polar surface area (TPSA) is 58.0 Å². The first-order valence-electron chi connectivity index (χ1n) is 4.72. The van der Waals surface area contributed by atoms with Gasteiger partial charge in [-0.25, -0.2) is 4.79 Å². The Morgan fingerprint density at radius 1 is 1.46 bits per heavy atom. The number of aryl methyl sites for hydroxylation is 1. The Bertz CT molecular complexity index is 301. The normalized spacial score (nSPS) is 10.5. The smallest absolute Gasteiger partial charge is 0.328 e. The van der Waals surface area contributed by atoms with Gasteiger partial charge < -0.3 is 5.11 Å². The standard InChI is InChI=1S/C9H16N2O2/c1-2-3-4-5-6-11-7-8(12)10-9(11)13/h7,12H,2-6H2,1H3,(H,10,13). The van der Waals surface area contributed by atoms with Crippen LogP contribution in [0.4, 0.5) is 0 Å². The van der Waals surface area contributed by atoms with E-state index >= 15 is 0 Å². The van der Waals surface area contributed by atoms with Gasteiger partial charge in [-0.1, -0.05) is 26.2 Å². The van der Waals surface area contributed by atoms with E-state index in [2.05, 4.69) is 11.9 Å². The van der Waals surface area contributed by atoms with Crippen molar-refractivity contribution in [3.8, 4) is 5.88 Å². The lowest BCUT2D eigenvalue weighted by Crippen LogP contribution is -2.15. The summed E-state index contributed by atoms with van der Waals surface area (Å²) in [6.45, 7) is 2.84. The molecule has 74 valence electrons. The summed E-state index contributed by atoms with van der Waals surface area (Å²) >= 11 is 0. The number of imidazole rings is 1. The number of H-pyrrole nitrogens is 1. The van der Waals surface area contributed by atoms with Crippen LogP contribution in [0.25, 0.3) is 0 Å². The lowest BCUT2D eigenvalue weighted by atomic mass is 10.2. The molecule has 1 aromatic rings. The van der Waals surface area contributed by atoms with Crippen LogP contribution in [0.3, 0.4) is 0 Å². The van der Waals surface area contributed by atoms with Gasteiger partial charge in [0.05, 0.1) is 6.20 Å². The number of hydrogen-bond donors (Lipinski definition) is 2. The lowest BCUT2D eigenvalue weighted by Gasteiger charge is -1.99. The number of nitrogens with one attached hydrogen (secondary N) is 1. The summed E-state index contributed by atoms with van der Waals surface area (Å²) in [5, 5.41) is 8.96. The van der Waals surface area contributed by atoms with Gasteiger partial charge in [0.25, 0.3) is 0 Å². The van der Waals surface area contributed by atoms with Crippen molar-refractivity contribution in [1.29, 1.82) is 0 Å². The third-order valence-electron chi connectivity index (χ3n) is 2.03. The van der Waals surface area contributed by atoms with Crippen LogP contribution in [0.1, 0.15) is 32.6 Å². The van der Waals surface area contributed by atoms with Crippen LogP contribution in [-0.4, -0.2) is 14.7 Å². The number of unbranched alkanes of at least 4 members (excludes halogenated alkanes) is 3. The maximum atomic E-state index is 11.1. The molecule has 1 heterocycles. The van der Waals surface area contributed by atoms with Crippen LogP contribution >= 0.6 is 0 Å². The van der Waals surface area contributed by atoms with Gasteiger partial charge in [0.15, 0.2) is 0 Å². The number of aromatic amines is 1.